The molecule has 0 bridgehead atoms. The lowest BCUT2D eigenvalue weighted by Gasteiger charge is -2.29. The van der Waals surface area contributed by atoms with Gasteiger partial charge in [-0.1, -0.05) is 48.0 Å². The van der Waals surface area contributed by atoms with Gasteiger partial charge >= 0.3 is 0 Å². The maximum absolute atomic E-state index is 6.44. The van der Waals surface area contributed by atoms with Gasteiger partial charge in [0.2, 0.25) is 0 Å². The summed E-state index contributed by atoms with van der Waals surface area (Å²) in [5.74, 6) is 1.16. The Morgan fingerprint density at radius 1 is 1.09 bits per heavy atom. The molecule has 0 aliphatic heterocycles. The van der Waals surface area contributed by atoms with Gasteiger partial charge in [-0.2, -0.15) is 0 Å². The van der Waals surface area contributed by atoms with Crippen LogP contribution in [0.5, 0.6) is 5.75 Å². The molecule has 2 aromatic rings. The maximum atomic E-state index is 6.44. The molecule has 0 saturated heterocycles. The first kappa shape index (κ1) is 15.1. The van der Waals surface area contributed by atoms with Crippen LogP contribution in [0.15, 0.2) is 54.6 Å². The molecule has 0 amide bonds. The number of hydrogen-bond donors (Lipinski definition) is 1. The molecule has 114 valence electrons. The fourth-order valence-electron chi connectivity index (χ4n) is 3.10. The molecule has 3 rings (SSSR count). The summed E-state index contributed by atoms with van der Waals surface area (Å²) < 4.78 is 5.21. The maximum Gasteiger partial charge on any atom is 0.118 e. The molecule has 0 aromatic heterocycles. The third-order valence-electron chi connectivity index (χ3n) is 4.36. The SMILES string of the molecule is COc1ccc(C2=CCC(c3ccccc3Cl)C(N)C2)cc1. The van der Waals surface area contributed by atoms with E-state index < -0.39 is 0 Å². The molecule has 22 heavy (non-hydrogen) atoms. The molecule has 2 nitrogen and oxygen atoms in total. The molecule has 2 unspecified atom stereocenters. The molecular weight excluding hydrogens is 294 g/mol. The Kier molecular flexibility index (Phi) is 4.51. The zero-order chi connectivity index (χ0) is 15.5. The van der Waals surface area contributed by atoms with Crippen molar-refractivity contribution >= 4 is 17.2 Å². The van der Waals surface area contributed by atoms with Crippen LogP contribution < -0.4 is 10.5 Å². The quantitative estimate of drug-likeness (QED) is 0.896. The van der Waals surface area contributed by atoms with Crippen LogP contribution in [-0.2, 0) is 0 Å². The first-order chi connectivity index (χ1) is 10.7. The van der Waals surface area contributed by atoms with Gasteiger partial charge in [-0.25, -0.2) is 0 Å². The van der Waals surface area contributed by atoms with Crippen LogP contribution in [-0.4, -0.2) is 13.2 Å². The summed E-state index contributed by atoms with van der Waals surface area (Å²) in [5, 5.41) is 0.809. The van der Waals surface area contributed by atoms with E-state index in [1.165, 1.54) is 11.1 Å². The van der Waals surface area contributed by atoms with E-state index in [1.54, 1.807) is 7.11 Å². The van der Waals surface area contributed by atoms with Crippen molar-refractivity contribution in [2.75, 3.05) is 7.11 Å². The predicted molar refractivity (Wildman–Crippen MR) is 92.4 cm³/mol. The molecule has 2 aromatic carbocycles. The lowest BCUT2D eigenvalue weighted by molar-refractivity contribution is 0.414. The minimum atomic E-state index is 0.0852. The van der Waals surface area contributed by atoms with E-state index in [0.29, 0.717) is 0 Å². The highest BCUT2D eigenvalue weighted by molar-refractivity contribution is 6.31. The Balaban J connectivity index is 1.82. The summed E-state index contributed by atoms with van der Waals surface area (Å²) in [7, 11) is 1.68. The van der Waals surface area contributed by atoms with Crippen LogP contribution in [0.2, 0.25) is 5.02 Å². The summed E-state index contributed by atoms with van der Waals surface area (Å²) in [5.41, 5.74) is 10.1. The minimum absolute atomic E-state index is 0.0852. The fraction of sp³-hybridized carbons (Fsp3) is 0.263. The normalized spacial score (nSPS) is 21.3. The molecule has 0 spiro atoms. The van der Waals surface area contributed by atoms with Crippen molar-refractivity contribution in [3.05, 3.63) is 70.8 Å². The van der Waals surface area contributed by atoms with E-state index in [9.17, 15) is 0 Å². The number of rotatable bonds is 3. The number of hydrogen-bond acceptors (Lipinski definition) is 2. The average Bonchev–Trinajstić information content (AvgIpc) is 2.56. The van der Waals surface area contributed by atoms with Gasteiger partial charge in [-0.05, 0) is 47.7 Å². The van der Waals surface area contributed by atoms with Crippen LogP contribution >= 0.6 is 11.6 Å². The van der Waals surface area contributed by atoms with Crippen LogP contribution in [0.4, 0.5) is 0 Å². The first-order valence-electron chi connectivity index (χ1n) is 7.52. The van der Waals surface area contributed by atoms with Crippen molar-refractivity contribution < 1.29 is 4.74 Å². The summed E-state index contributed by atoms with van der Waals surface area (Å²) in [6.45, 7) is 0. The predicted octanol–water partition coefficient (Wildman–Crippen LogP) is 4.64. The van der Waals surface area contributed by atoms with Gasteiger partial charge in [0.1, 0.15) is 5.75 Å². The van der Waals surface area contributed by atoms with E-state index in [2.05, 4.69) is 24.3 Å². The zero-order valence-corrected chi connectivity index (χ0v) is 13.4. The van der Waals surface area contributed by atoms with E-state index in [4.69, 9.17) is 22.1 Å². The number of benzene rings is 2. The lowest BCUT2D eigenvalue weighted by Crippen LogP contribution is -2.31. The second kappa shape index (κ2) is 6.55. The topological polar surface area (TPSA) is 35.2 Å². The van der Waals surface area contributed by atoms with Gasteiger partial charge < -0.3 is 10.5 Å². The van der Waals surface area contributed by atoms with Crippen molar-refractivity contribution in [3.63, 3.8) is 0 Å². The molecule has 1 aliphatic carbocycles. The third-order valence-corrected chi connectivity index (χ3v) is 4.70. The fourth-order valence-corrected chi connectivity index (χ4v) is 3.37. The molecule has 0 heterocycles. The number of nitrogens with two attached hydrogens (primary N) is 1. The van der Waals surface area contributed by atoms with Gasteiger partial charge in [-0.15, -0.1) is 0 Å². The number of ether oxygens (including phenoxy) is 1. The Labute approximate surface area is 136 Å². The summed E-state index contributed by atoms with van der Waals surface area (Å²) in [4.78, 5) is 0. The second-order valence-electron chi connectivity index (χ2n) is 5.69. The van der Waals surface area contributed by atoms with Gasteiger partial charge in [0.05, 0.1) is 7.11 Å². The number of allylic oxidation sites excluding steroid dienone is 1. The molecule has 2 atom stereocenters. The Morgan fingerprint density at radius 2 is 1.82 bits per heavy atom. The van der Waals surface area contributed by atoms with Crippen molar-refractivity contribution in [3.8, 4) is 5.75 Å². The Bertz CT molecular complexity index is 678. The molecule has 1 aliphatic rings. The standard InChI is InChI=1S/C19H20ClNO/c1-22-15-9-6-13(7-10-15)14-8-11-17(19(21)12-14)16-4-2-3-5-18(16)20/h2-10,17,19H,11-12,21H2,1H3. The average molecular weight is 314 g/mol. The van der Waals surface area contributed by atoms with Gasteiger partial charge in [0, 0.05) is 17.0 Å². The zero-order valence-electron chi connectivity index (χ0n) is 12.6. The van der Waals surface area contributed by atoms with E-state index in [-0.39, 0.29) is 12.0 Å². The highest BCUT2D eigenvalue weighted by Gasteiger charge is 2.26. The van der Waals surface area contributed by atoms with Crippen molar-refractivity contribution in [2.24, 2.45) is 5.73 Å². The third kappa shape index (κ3) is 3.03. The second-order valence-corrected chi connectivity index (χ2v) is 6.10. The number of methoxy groups -OCH3 is 1. The van der Waals surface area contributed by atoms with E-state index >= 15 is 0 Å². The smallest absolute Gasteiger partial charge is 0.118 e. The highest BCUT2D eigenvalue weighted by Crippen LogP contribution is 2.38. The molecule has 3 heteroatoms. The van der Waals surface area contributed by atoms with Gasteiger partial charge in [0.15, 0.2) is 0 Å². The Hall–Kier alpha value is -1.77. The largest absolute Gasteiger partial charge is 0.497 e. The van der Waals surface area contributed by atoms with E-state index in [0.717, 1.165) is 29.2 Å². The molecule has 2 N–H and O–H groups in total. The molecular formula is C19H20ClNO. The van der Waals surface area contributed by atoms with Crippen LogP contribution in [0.25, 0.3) is 5.57 Å². The van der Waals surface area contributed by atoms with Crippen molar-refractivity contribution in [1.29, 1.82) is 0 Å². The summed E-state index contributed by atoms with van der Waals surface area (Å²) in [6, 6.07) is 16.2. The molecule has 0 fully saturated rings. The minimum Gasteiger partial charge on any atom is -0.497 e. The summed E-state index contributed by atoms with van der Waals surface area (Å²) in [6.07, 6.45) is 4.08. The van der Waals surface area contributed by atoms with Crippen LogP contribution in [0.3, 0.4) is 0 Å². The summed E-state index contributed by atoms with van der Waals surface area (Å²) >= 11 is 6.32. The number of halogens is 1. The van der Waals surface area contributed by atoms with Crippen molar-refractivity contribution in [1.82, 2.24) is 0 Å². The first-order valence-corrected chi connectivity index (χ1v) is 7.90. The van der Waals surface area contributed by atoms with Crippen LogP contribution in [0.1, 0.15) is 29.9 Å². The van der Waals surface area contributed by atoms with Gasteiger partial charge in [-0.3, -0.25) is 0 Å². The lowest BCUT2D eigenvalue weighted by atomic mass is 9.79. The Morgan fingerprint density at radius 3 is 2.45 bits per heavy atom. The van der Waals surface area contributed by atoms with Crippen molar-refractivity contribution in [2.45, 2.75) is 24.8 Å². The van der Waals surface area contributed by atoms with E-state index in [1.807, 2.05) is 30.3 Å². The highest BCUT2D eigenvalue weighted by atomic mass is 35.5. The van der Waals surface area contributed by atoms with Gasteiger partial charge in [0.25, 0.3) is 0 Å². The monoisotopic (exact) mass is 313 g/mol. The molecule has 0 saturated carbocycles. The van der Waals surface area contributed by atoms with Crippen LogP contribution in [0, 0.1) is 0 Å². The molecule has 0 radical (unpaired) electrons.